The molecule has 0 aliphatic carbocycles. The molecule has 1 amide bonds. The molecule has 2 aromatic carbocycles. The molecule has 0 bridgehead atoms. The highest BCUT2D eigenvalue weighted by Crippen LogP contribution is 2.22. The number of hydrogen-bond donors (Lipinski definition) is 2. The first-order valence-corrected chi connectivity index (χ1v) is 7.31. The van der Waals surface area contributed by atoms with Crippen LogP contribution in [-0.2, 0) is 0 Å². The Bertz CT molecular complexity index is 960. The lowest BCUT2D eigenvalue weighted by molar-refractivity contribution is -0.384. The first-order chi connectivity index (χ1) is 12.1. The standard InChI is InChI=1S/C17H14N4O4/c1-25-14-6-7-16-15(8-14)12(9-18-16)10-19-20-17(22)11-2-4-13(5-3-11)21(23)24/h2-10,18H,1H3,(H,20,22)/b19-10+. The number of benzene rings is 2. The predicted octanol–water partition coefficient (Wildman–Crippen LogP) is 2.85. The number of nitrogens with zero attached hydrogens (tertiary/aromatic N) is 2. The molecule has 0 unspecified atom stereocenters. The Morgan fingerprint density at radius 1 is 1.28 bits per heavy atom. The minimum Gasteiger partial charge on any atom is -0.497 e. The average Bonchev–Trinajstić information content (AvgIpc) is 3.04. The molecule has 0 atom stereocenters. The van der Waals surface area contributed by atoms with Crippen molar-refractivity contribution >= 4 is 28.7 Å². The number of rotatable bonds is 5. The van der Waals surface area contributed by atoms with Gasteiger partial charge in [0.1, 0.15) is 5.75 Å². The number of nitro benzene ring substituents is 1. The predicted molar refractivity (Wildman–Crippen MR) is 93.0 cm³/mol. The summed E-state index contributed by atoms with van der Waals surface area (Å²) in [6.07, 6.45) is 3.28. The van der Waals surface area contributed by atoms with E-state index in [9.17, 15) is 14.9 Å². The summed E-state index contributed by atoms with van der Waals surface area (Å²) in [5.41, 5.74) is 4.31. The number of H-pyrrole nitrogens is 1. The van der Waals surface area contributed by atoms with E-state index in [4.69, 9.17) is 4.74 Å². The van der Waals surface area contributed by atoms with Crippen LogP contribution in [0, 0.1) is 10.1 Å². The van der Waals surface area contributed by atoms with Gasteiger partial charge < -0.3 is 9.72 Å². The lowest BCUT2D eigenvalue weighted by Crippen LogP contribution is -2.17. The topological polar surface area (TPSA) is 110 Å². The van der Waals surface area contributed by atoms with Gasteiger partial charge in [-0.05, 0) is 30.3 Å². The zero-order chi connectivity index (χ0) is 17.8. The molecule has 8 nitrogen and oxygen atoms in total. The number of hydrazone groups is 1. The summed E-state index contributed by atoms with van der Waals surface area (Å²) in [5.74, 6) is 0.264. The maximum Gasteiger partial charge on any atom is 0.271 e. The molecule has 0 aliphatic rings. The smallest absolute Gasteiger partial charge is 0.271 e. The number of amides is 1. The van der Waals surface area contributed by atoms with Crippen LogP contribution in [0.2, 0.25) is 0 Å². The third-order valence-electron chi connectivity index (χ3n) is 3.63. The van der Waals surface area contributed by atoms with Crippen LogP contribution >= 0.6 is 0 Å². The van der Waals surface area contributed by atoms with E-state index in [1.807, 2.05) is 18.2 Å². The second kappa shape index (κ2) is 6.83. The average molecular weight is 338 g/mol. The Hall–Kier alpha value is -3.68. The first kappa shape index (κ1) is 16.2. The van der Waals surface area contributed by atoms with Gasteiger partial charge in [-0.1, -0.05) is 0 Å². The Balaban J connectivity index is 1.72. The molecule has 3 rings (SSSR count). The number of carbonyl (C=O) groups excluding carboxylic acids is 1. The number of hydrogen-bond acceptors (Lipinski definition) is 5. The maximum atomic E-state index is 12.0. The zero-order valence-electron chi connectivity index (χ0n) is 13.2. The molecule has 0 fully saturated rings. The van der Waals surface area contributed by atoms with Gasteiger partial charge in [-0.3, -0.25) is 14.9 Å². The van der Waals surface area contributed by atoms with E-state index in [1.165, 1.54) is 30.5 Å². The van der Waals surface area contributed by atoms with Gasteiger partial charge in [0.2, 0.25) is 0 Å². The zero-order valence-corrected chi connectivity index (χ0v) is 13.2. The molecule has 3 aromatic rings. The first-order valence-electron chi connectivity index (χ1n) is 7.31. The Morgan fingerprint density at radius 2 is 2.04 bits per heavy atom. The molecule has 0 saturated heterocycles. The van der Waals surface area contributed by atoms with Crippen molar-refractivity contribution in [3.8, 4) is 5.75 Å². The van der Waals surface area contributed by atoms with E-state index in [0.29, 0.717) is 0 Å². The number of fused-ring (bicyclic) bond motifs is 1. The highest BCUT2D eigenvalue weighted by atomic mass is 16.6. The van der Waals surface area contributed by atoms with E-state index >= 15 is 0 Å². The van der Waals surface area contributed by atoms with E-state index < -0.39 is 10.8 Å². The monoisotopic (exact) mass is 338 g/mol. The Morgan fingerprint density at radius 3 is 2.72 bits per heavy atom. The van der Waals surface area contributed by atoms with Gasteiger partial charge in [0.25, 0.3) is 11.6 Å². The molecule has 25 heavy (non-hydrogen) atoms. The molecular formula is C17H14N4O4. The van der Waals surface area contributed by atoms with Gasteiger partial charge in [0.05, 0.1) is 18.2 Å². The van der Waals surface area contributed by atoms with Gasteiger partial charge in [-0.2, -0.15) is 5.10 Å². The number of nitrogens with one attached hydrogen (secondary N) is 2. The molecule has 2 N–H and O–H groups in total. The van der Waals surface area contributed by atoms with E-state index in [0.717, 1.165) is 22.2 Å². The fourth-order valence-corrected chi connectivity index (χ4v) is 2.31. The minimum atomic E-state index is -0.523. The van der Waals surface area contributed by atoms with Crippen LogP contribution < -0.4 is 10.2 Å². The third-order valence-corrected chi connectivity index (χ3v) is 3.63. The number of methoxy groups -OCH3 is 1. The lowest BCUT2D eigenvalue weighted by Gasteiger charge is -2.00. The van der Waals surface area contributed by atoms with Gasteiger partial charge in [-0.25, -0.2) is 5.43 Å². The van der Waals surface area contributed by atoms with Crippen molar-refractivity contribution in [3.63, 3.8) is 0 Å². The van der Waals surface area contributed by atoms with Gasteiger partial charge >= 0.3 is 0 Å². The van der Waals surface area contributed by atoms with E-state index in [-0.39, 0.29) is 11.3 Å². The lowest BCUT2D eigenvalue weighted by atomic mass is 10.2. The van der Waals surface area contributed by atoms with Crippen LogP contribution in [0.3, 0.4) is 0 Å². The number of carbonyl (C=O) groups is 1. The van der Waals surface area contributed by atoms with Gasteiger partial charge in [0, 0.05) is 40.4 Å². The Labute approximate surface area is 142 Å². The summed E-state index contributed by atoms with van der Waals surface area (Å²) in [7, 11) is 1.59. The van der Waals surface area contributed by atoms with Crippen LogP contribution in [0.15, 0.2) is 53.8 Å². The molecule has 0 saturated carbocycles. The summed E-state index contributed by atoms with van der Waals surface area (Å²) in [6, 6.07) is 10.9. The number of non-ortho nitro benzene ring substituents is 1. The second-order valence-corrected chi connectivity index (χ2v) is 5.16. The van der Waals surface area contributed by atoms with E-state index in [1.54, 1.807) is 13.3 Å². The van der Waals surface area contributed by atoms with Crippen molar-refractivity contribution < 1.29 is 14.5 Å². The Kier molecular flexibility index (Phi) is 4.42. The molecule has 1 aromatic heterocycles. The summed E-state index contributed by atoms with van der Waals surface area (Å²) in [5, 5.41) is 15.5. The summed E-state index contributed by atoms with van der Waals surface area (Å²) >= 11 is 0. The van der Waals surface area contributed by atoms with Crippen molar-refractivity contribution in [1.82, 2.24) is 10.4 Å². The SMILES string of the molecule is COc1ccc2[nH]cc(/C=N/NC(=O)c3ccc([N+](=O)[O-])cc3)c2c1. The highest BCUT2D eigenvalue weighted by molar-refractivity contribution is 6.00. The number of aromatic nitrogens is 1. The second-order valence-electron chi connectivity index (χ2n) is 5.16. The molecular weight excluding hydrogens is 324 g/mol. The summed E-state index contributed by atoms with van der Waals surface area (Å²) < 4.78 is 5.20. The third kappa shape index (κ3) is 3.47. The summed E-state index contributed by atoms with van der Waals surface area (Å²) in [4.78, 5) is 25.2. The molecule has 8 heteroatoms. The van der Waals surface area contributed by atoms with Crippen molar-refractivity contribution in [2.24, 2.45) is 5.10 Å². The molecule has 0 spiro atoms. The molecule has 0 radical (unpaired) electrons. The minimum absolute atomic E-state index is 0.0761. The molecule has 126 valence electrons. The van der Waals surface area contributed by atoms with Crippen molar-refractivity contribution in [2.75, 3.05) is 7.11 Å². The van der Waals surface area contributed by atoms with Crippen molar-refractivity contribution in [3.05, 3.63) is 69.9 Å². The largest absolute Gasteiger partial charge is 0.497 e. The van der Waals surface area contributed by atoms with Gasteiger partial charge in [-0.15, -0.1) is 0 Å². The number of ether oxygens (including phenoxy) is 1. The van der Waals surface area contributed by atoms with Crippen molar-refractivity contribution in [2.45, 2.75) is 0 Å². The molecule has 0 aliphatic heterocycles. The van der Waals surface area contributed by atoms with Crippen LogP contribution in [0.1, 0.15) is 15.9 Å². The quantitative estimate of drug-likeness (QED) is 0.423. The van der Waals surface area contributed by atoms with Gasteiger partial charge in [0.15, 0.2) is 0 Å². The fraction of sp³-hybridized carbons (Fsp3) is 0.0588. The number of nitro groups is 1. The molecule has 1 heterocycles. The van der Waals surface area contributed by atoms with Crippen LogP contribution in [0.4, 0.5) is 5.69 Å². The van der Waals surface area contributed by atoms with Crippen LogP contribution in [0.25, 0.3) is 10.9 Å². The highest BCUT2D eigenvalue weighted by Gasteiger charge is 2.09. The maximum absolute atomic E-state index is 12.0. The van der Waals surface area contributed by atoms with E-state index in [2.05, 4.69) is 15.5 Å². The summed E-state index contributed by atoms with van der Waals surface area (Å²) in [6.45, 7) is 0. The normalized spacial score (nSPS) is 10.9. The number of aromatic amines is 1. The van der Waals surface area contributed by atoms with Crippen LogP contribution in [0.5, 0.6) is 5.75 Å². The fourth-order valence-electron chi connectivity index (χ4n) is 2.31. The van der Waals surface area contributed by atoms with Crippen molar-refractivity contribution in [1.29, 1.82) is 0 Å². The van der Waals surface area contributed by atoms with Crippen LogP contribution in [-0.4, -0.2) is 29.1 Å².